The van der Waals surface area contributed by atoms with Gasteiger partial charge in [0.1, 0.15) is 5.82 Å². The molecule has 112 valence electrons. The summed E-state index contributed by atoms with van der Waals surface area (Å²) < 4.78 is 0. The summed E-state index contributed by atoms with van der Waals surface area (Å²) >= 11 is 0. The number of fused-ring (bicyclic) bond motifs is 1. The van der Waals surface area contributed by atoms with E-state index in [4.69, 9.17) is 16.0 Å². The Bertz CT molecular complexity index is 643. The number of anilines is 1. The maximum absolute atomic E-state index is 9.02. The second-order valence-electron chi connectivity index (χ2n) is 4.69. The van der Waals surface area contributed by atoms with E-state index in [9.17, 15) is 0 Å². The number of para-hydroxylation sites is 1. The topological polar surface area (TPSA) is 95.0 Å². The molecule has 0 saturated carbocycles. The third-order valence-corrected chi connectivity index (χ3v) is 3.35. The summed E-state index contributed by atoms with van der Waals surface area (Å²) in [6, 6.07) is 9.57. The summed E-state index contributed by atoms with van der Waals surface area (Å²) in [6.45, 7) is 3.49. The number of oxime groups is 1. The lowest BCUT2D eigenvalue weighted by molar-refractivity contribution is 0.289. The SMILES string of the molecule is CCN(CCCO)c1nc2ccccc2cc1/C(N)=N/O. The van der Waals surface area contributed by atoms with Crippen molar-refractivity contribution in [1.29, 1.82) is 0 Å². The van der Waals surface area contributed by atoms with E-state index in [1.807, 2.05) is 42.2 Å². The average molecular weight is 288 g/mol. The molecule has 4 N–H and O–H groups in total. The van der Waals surface area contributed by atoms with Crippen LogP contribution in [0.3, 0.4) is 0 Å². The van der Waals surface area contributed by atoms with Crippen LogP contribution < -0.4 is 10.6 Å². The number of hydrogen-bond donors (Lipinski definition) is 3. The molecule has 0 amide bonds. The number of aliphatic hydroxyl groups excluding tert-OH is 1. The van der Waals surface area contributed by atoms with Crippen molar-refractivity contribution in [3.05, 3.63) is 35.9 Å². The molecule has 0 saturated heterocycles. The van der Waals surface area contributed by atoms with Gasteiger partial charge in [-0.05, 0) is 25.5 Å². The fourth-order valence-corrected chi connectivity index (χ4v) is 2.26. The number of aliphatic hydroxyl groups is 1. The van der Waals surface area contributed by atoms with Gasteiger partial charge in [-0.1, -0.05) is 23.4 Å². The summed E-state index contributed by atoms with van der Waals surface area (Å²) in [7, 11) is 0. The first-order chi connectivity index (χ1) is 10.2. The van der Waals surface area contributed by atoms with Gasteiger partial charge in [-0.3, -0.25) is 0 Å². The highest BCUT2D eigenvalue weighted by atomic mass is 16.4. The fraction of sp³-hybridized carbons (Fsp3) is 0.333. The molecule has 0 bridgehead atoms. The molecular formula is C15H20N4O2. The van der Waals surface area contributed by atoms with E-state index < -0.39 is 0 Å². The quantitative estimate of drug-likeness (QED) is 0.324. The van der Waals surface area contributed by atoms with Crippen LogP contribution in [0.25, 0.3) is 10.9 Å². The lowest BCUT2D eigenvalue weighted by Gasteiger charge is -2.24. The van der Waals surface area contributed by atoms with Gasteiger partial charge in [0.25, 0.3) is 0 Å². The number of benzene rings is 1. The van der Waals surface area contributed by atoms with Crippen molar-refractivity contribution in [3.8, 4) is 0 Å². The third kappa shape index (κ3) is 3.22. The number of hydrogen-bond acceptors (Lipinski definition) is 5. The smallest absolute Gasteiger partial charge is 0.173 e. The molecule has 1 aromatic heterocycles. The standard InChI is InChI=1S/C15H20N4O2/c1-2-19(8-5-9-20)15-12(14(16)18-21)10-11-6-3-4-7-13(11)17-15/h3-4,6-7,10,20-21H,2,5,8-9H2,1H3,(H2,16,18). The van der Waals surface area contributed by atoms with Crippen molar-refractivity contribution in [2.75, 3.05) is 24.6 Å². The molecule has 21 heavy (non-hydrogen) atoms. The van der Waals surface area contributed by atoms with Crippen molar-refractivity contribution in [1.82, 2.24) is 4.98 Å². The Morgan fingerprint density at radius 2 is 2.14 bits per heavy atom. The van der Waals surface area contributed by atoms with Gasteiger partial charge in [-0.2, -0.15) is 0 Å². The van der Waals surface area contributed by atoms with Crippen molar-refractivity contribution >= 4 is 22.6 Å². The highest BCUT2D eigenvalue weighted by Gasteiger charge is 2.16. The van der Waals surface area contributed by atoms with Gasteiger partial charge < -0.3 is 20.9 Å². The normalized spacial score (nSPS) is 11.8. The molecule has 0 spiro atoms. The number of nitrogens with two attached hydrogens (primary N) is 1. The van der Waals surface area contributed by atoms with Gasteiger partial charge in [0.05, 0.1) is 11.1 Å². The number of aromatic nitrogens is 1. The molecule has 0 radical (unpaired) electrons. The summed E-state index contributed by atoms with van der Waals surface area (Å²) in [5.74, 6) is 0.700. The molecule has 0 atom stereocenters. The Morgan fingerprint density at radius 3 is 2.81 bits per heavy atom. The largest absolute Gasteiger partial charge is 0.409 e. The molecule has 0 aliphatic heterocycles. The van der Waals surface area contributed by atoms with Gasteiger partial charge in [-0.25, -0.2) is 4.98 Å². The Morgan fingerprint density at radius 1 is 1.38 bits per heavy atom. The van der Waals surface area contributed by atoms with E-state index in [2.05, 4.69) is 10.1 Å². The van der Waals surface area contributed by atoms with Crippen LogP contribution in [-0.4, -0.2) is 40.8 Å². The molecular weight excluding hydrogens is 268 g/mol. The Hall–Kier alpha value is -2.34. The predicted molar refractivity (Wildman–Crippen MR) is 83.8 cm³/mol. The molecule has 0 unspecified atom stereocenters. The molecule has 6 heteroatoms. The van der Waals surface area contributed by atoms with E-state index >= 15 is 0 Å². The summed E-state index contributed by atoms with van der Waals surface area (Å²) in [5.41, 5.74) is 7.24. The third-order valence-electron chi connectivity index (χ3n) is 3.35. The average Bonchev–Trinajstić information content (AvgIpc) is 2.54. The molecule has 1 aromatic carbocycles. The summed E-state index contributed by atoms with van der Waals surface area (Å²) in [5, 5.41) is 22.0. The minimum absolute atomic E-state index is 0.0331. The number of rotatable bonds is 6. The number of nitrogens with zero attached hydrogens (tertiary/aromatic N) is 3. The molecule has 2 rings (SSSR count). The minimum atomic E-state index is 0.0331. The molecule has 0 aliphatic carbocycles. The van der Waals surface area contributed by atoms with Crippen molar-refractivity contribution < 1.29 is 10.3 Å². The molecule has 6 nitrogen and oxygen atoms in total. The zero-order chi connectivity index (χ0) is 15.2. The van der Waals surface area contributed by atoms with Crippen molar-refractivity contribution in [2.24, 2.45) is 10.9 Å². The molecule has 0 aliphatic rings. The number of amidine groups is 1. The van der Waals surface area contributed by atoms with Crippen LogP contribution in [0.2, 0.25) is 0 Å². The Labute approximate surface area is 123 Å². The predicted octanol–water partition coefficient (Wildman–Crippen LogP) is 1.54. The first kappa shape index (κ1) is 15.1. The van der Waals surface area contributed by atoms with Gasteiger partial charge in [0.15, 0.2) is 5.84 Å². The zero-order valence-electron chi connectivity index (χ0n) is 12.0. The van der Waals surface area contributed by atoms with Crippen molar-refractivity contribution in [3.63, 3.8) is 0 Å². The van der Waals surface area contributed by atoms with E-state index in [1.54, 1.807) is 0 Å². The first-order valence-corrected chi connectivity index (χ1v) is 6.94. The highest BCUT2D eigenvalue weighted by molar-refractivity contribution is 6.04. The van der Waals surface area contributed by atoms with Crippen molar-refractivity contribution in [2.45, 2.75) is 13.3 Å². The van der Waals surface area contributed by atoms with Crippen LogP contribution in [0.5, 0.6) is 0 Å². The second-order valence-corrected chi connectivity index (χ2v) is 4.69. The highest BCUT2D eigenvalue weighted by Crippen LogP contribution is 2.23. The van der Waals surface area contributed by atoms with Crippen LogP contribution in [0, 0.1) is 0 Å². The van der Waals surface area contributed by atoms with Crippen LogP contribution in [0.1, 0.15) is 18.9 Å². The molecule has 2 aromatic rings. The fourth-order valence-electron chi connectivity index (χ4n) is 2.26. The van der Waals surface area contributed by atoms with E-state index in [0.717, 1.165) is 17.4 Å². The van der Waals surface area contributed by atoms with Crippen LogP contribution >= 0.6 is 0 Å². The van der Waals surface area contributed by atoms with E-state index in [-0.39, 0.29) is 12.4 Å². The van der Waals surface area contributed by atoms with Gasteiger partial charge in [0, 0.05) is 25.1 Å². The monoisotopic (exact) mass is 288 g/mol. The Balaban J connectivity index is 2.57. The van der Waals surface area contributed by atoms with E-state index in [0.29, 0.717) is 24.3 Å². The van der Waals surface area contributed by atoms with Gasteiger partial charge >= 0.3 is 0 Å². The Kier molecular flexibility index (Phi) is 4.94. The van der Waals surface area contributed by atoms with Gasteiger partial charge in [-0.15, -0.1) is 0 Å². The maximum Gasteiger partial charge on any atom is 0.173 e. The van der Waals surface area contributed by atoms with Crippen LogP contribution in [0.4, 0.5) is 5.82 Å². The summed E-state index contributed by atoms with van der Waals surface area (Å²) in [6.07, 6.45) is 0.637. The molecule has 0 fully saturated rings. The summed E-state index contributed by atoms with van der Waals surface area (Å²) in [4.78, 5) is 6.65. The zero-order valence-corrected chi connectivity index (χ0v) is 12.0. The first-order valence-electron chi connectivity index (χ1n) is 6.94. The molecule has 1 heterocycles. The lowest BCUT2D eigenvalue weighted by Crippen LogP contribution is -2.29. The second kappa shape index (κ2) is 6.90. The maximum atomic E-state index is 9.02. The lowest BCUT2D eigenvalue weighted by atomic mass is 10.1. The van der Waals surface area contributed by atoms with Crippen LogP contribution in [0.15, 0.2) is 35.5 Å². The minimum Gasteiger partial charge on any atom is -0.409 e. The number of pyridine rings is 1. The van der Waals surface area contributed by atoms with E-state index in [1.165, 1.54) is 0 Å². The van der Waals surface area contributed by atoms with Crippen LogP contribution in [-0.2, 0) is 0 Å². The van der Waals surface area contributed by atoms with Gasteiger partial charge in [0.2, 0.25) is 0 Å².